The average Bonchev–Trinajstić information content (AvgIpc) is 2.73. The molecule has 1 saturated heterocycles. The number of fused-ring (bicyclic) bond motifs is 1. The molecule has 2 aromatic carbocycles. The minimum absolute atomic E-state index is 0.0506. The van der Waals surface area contributed by atoms with E-state index in [9.17, 15) is 18.7 Å². The Balaban J connectivity index is 1.45. The molecule has 31 heavy (non-hydrogen) atoms. The molecule has 0 saturated carbocycles. The smallest absolute Gasteiger partial charge is 0.224 e. The monoisotopic (exact) mass is 490 g/mol. The number of hydrogen-bond acceptors (Lipinski definition) is 4. The Kier molecular flexibility index (Phi) is 6.23. The van der Waals surface area contributed by atoms with Gasteiger partial charge in [0.1, 0.15) is 34.6 Å². The van der Waals surface area contributed by atoms with E-state index in [1.165, 1.54) is 18.2 Å². The summed E-state index contributed by atoms with van der Waals surface area (Å²) < 4.78 is 33.8. The van der Waals surface area contributed by atoms with Gasteiger partial charge in [0.05, 0.1) is 21.4 Å². The fourth-order valence-corrected chi connectivity index (χ4v) is 4.58. The van der Waals surface area contributed by atoms with Crippen LogP contribution in [0.3, 0.4) is 0 Å². The van der Waals surface area contributed by atoms with E-state index in [0.717, 1.165) is 0 Å². The SMILES string of the molecule is O=C1CCc2c(OCC3(O)CCN(c4cc(F)c(Cl)cc4Cl)CC3)cc(F)c(Cl)c2N1. The van der Waals surface area contributed by atoms with E-state index >= 15 is 0 Å². The number of rotatable bonds is 4. The van der Waals surface area contributed by atoms with Crippen molar-refractivity contribution in [1.82, 2.24) is 0 Å². The number of amides is 1. The van der Waals surface area contributed by atoms with Crippen molar-refractivity contribution in [1.29, 1.82) is 0 Å². The molecule has 0 aliphatic carbocycles. The third-order valence-electron chi connectivity index (χ3n) is 5.67. The molecular formula is C21H19Cl3F2N2O3. The second-order valence-corrected chi connectivity index (χ2v) is 8.98. The number of hydrogen-bond donors (Lipinski definition) is 2. The third kappa shape index (κ3) is 4.55. The normalized spacial score (nSPS) is 17.9. The van der Waals surface area contributed by atoms with Gasteiger partial charge in [0.15, 0.2) is 0 Å². The first-order valence-corrected chi connectivity index (χ1v) is 10.9. The van der Waals surface area contributed by atoms with Crippen molar-refractivity contribution in [3.63, 3.8) is 0 Å². The lowest BCUT2D eigenvalue weighted by molar-refractivity contribution is -0.116. The van der Waals surface area contributed by atoms with Gasteiger partial charge >= 0.3 is 0 Å². The lowest BCUT2D eigenvalue weighted by atomic mass is 9.92. The molecule has 0 radical (unpaired) electrons. The van der Waals surface area contributed by atoms with Gasteiger partial charge in [-0.1, -0.05) is 34.8 Å². The summed E-state index contributed by atoms with van der Waals surface area (Å²) in [7, 11) is 0. The Morgan fingerprint density at radius 2 is 1.77 bits per heavy atom. The molecule has 0 unspecified atom stereocenters. The van der Waals surface area contributed by atoms with E-state index in [0.29, 0.717) is 48.6 Å². The number of ether oxygens (including phenoxy) is 1. The number of halogens is 5. The van der Waals surface area contributed by atoms with Crippen molar-refractivity contribution in [2.75, 3.05) is 29.9 Å². The van der Waals surface area contributed by atoms with Gasteiger partial charge in [-0.2, -0.15) is 0 Å². The van der Waals surface area contributed by atoms with Crippen molar-refractivity contribution in [2.24, 2.45) is 0 Å². The van der Waals surface area contributed by atoms with E-state index in [4.69, 9.17) is 39.5 Å². The van der Waals surface area contributed by atoms with Crippen molar-refractivity contribution in [3.8, 4) is 5.75 Å². The van der Waals surface area contributed by atoms with Gasteiger partial charge in [-0.3, -0.25) is 4.79 Å². The summed E-state index contributed by atoms with van der Waals surface area (Å²) in [5, 5.41) is 13.7. The number of carbonyl (C=O) groups excluding carboxylic acids is 1. The Hall–Kier alpha value is -1.80. The van der Waals surface area contributed by atoms with Crippen LogP contribution in [0.1, 0.15) is 24.8 Å². The molecule has 2 aromatic rings. The molecule has 1 amide bonds. The summed E-state index contributed by atoms with van der Waals surface area (Å²) in [6.07, 6.45) is 1.28. The molecule has 2 heterocycles. The van der Waals surface area contributed by atoms with Crippen LogP contribution in [-0.4, -0.2) is 36.3 Å². The van der Waals surface area contributed by atoms with Crippen LogP contribution in [0.2, 0.25) is 15.1 Å². The molecule has 2 N–H and O–H groups in total. The van der Waals surface area contributed by atoms with Gasteiger partial charge in [-0.05, 0) is 25.3 Å². The van der Waals surface area contributed by atoms with Crippen molar-refractivity contribution in [3.05, 3.63) is 50.5 Å². The predicted molar refractivity (Wildman–Crippen MR) is 117 cm³/mol. The predicted octanol–water partition coefficient (Wildman–Crippen LogP) is 5.22. The second-order valence-electron chi connectivity index (χ2n) is 7.79. The Morgan fingerprint density at radius 3 is 2.48 bits per heavy atom. The zero-order valence-electron chi connectivity index (χ0n) is 16.3. The highest BCUT2D eigenvalue weighted by atomic mass is 35.5. The van der Waals surface area contributed by atoms with Crippen molar-refractivity contribution < 1.29 is 23.4 Å². The number of carbonyl (C=O) groups is 1. The average molecular weight is 492 g/mol. The highest BCUT2D eigenvalue weighted by molar-refractivity contribution is 6.36. The topological polar surface area (TPSA) is 61.8 Å². The molecule has 0 aromatic heterocycles. The maximum atomic E-state index is 14.2. The van der Waals surface area contributed by atoms with Crippen LogP contribution in [0.5, 0.6) is 5.75 Å². The number of nitrogens with one attached hydrogen (secondary N) is 1. The molecule has 0 atom stereocenters. The zero-order chi connectivity index (χ0) is 22.3. The molecule has 0 bridgehead atoms. The summed E-state index contributed by atoms with van der Waals surface area (Å²) >= 11 is 17.9. The molecule has 4 rings (SSSR count). The minimum Gasteiger partial charge on any atom is -0.490 e. The number of benzene rings is 2. The van der Waals surface area contributed by atoms with Gasteiger partial charge < -0.3 is 20.1 Å². The molecule has 2 aliphatic heterocycles. The fraction of sp³-hybridized carbons (Fsp3) is 0.381. The van der Waals surface area contributed by atoms with Crippen LogP contribution in [0, 0.1) is 11.6 Å². The number of anilines is 2. The molecule has 0 spiro atoms. The molecule has 2 aliphatic rings. The summed E-state index contributed by atoms with van der Waals surface area (Å²) in [5.74, 6) is -1.27. The highest BCUT2D eigenvalue weighted by Gasteiger charge is 2.35. The molecule has 166 valence electrons. The largest absolute Gasteiger partial charge is 0.490 e. The first kappa shape index (κ1) is 22.4. The van der Waals surface area contributed by atoms with Crippen molar-refractivity contribution >= 4 is 52.1 Å². The van der Waals surface area contributed by atoms with Gasteiger partial charge in [0.2, 0.25) is 5.91 Å². The molecule has 1 fully saturated rings. The van der Waals surface area contributed by atoms with Crippen molar-refractivity contribution in [2.45, 2.75) is 31.3 Å². The zero-order valence-corrected chi connectivity index (χ0v) is 18.6. The van der Waals surface area contributed by atoms with Gasteiger partial charge in [0, 0.05) is 37.2 Å². The van der Waals surface area contributed by atoms with Gasteiger partial charge in [-0.15, -0.1) is 0 Å². The quantitative estimate of drug-likeness (QED) is 0.576. The lowest BCUT2D eigenvalue weighted by Crippen LogP contribution is -2.48. The van der Waals surface area contributed by atoms with E-state index in [1.54, 1.807) is 0 Å². The second kappa shape index (κ2) is 8.62. The van der Waals surface area contributed by atoms with Crippen LogP contribution >= 0.6 is 34.8 Å². The maximum absolute atomic E-state index is 14.2. The van der Waals surface area contributed by atoms with Crippen LogP contribution in [0.4, 0.5) is 20.2 Å². The summed E-state index contributed by atoms with van der Waals surface area (Å²) in [6, 6.07) is 3.81. The lowest BCUT2D eigenvalue weighted by Gasteiger charge is -2.39. The minimum atomic E-state index is -1.16. The molecule has 10 heteroatoms. The Labute approximate surface area is 192 Å². The van der Waals surface area contributed by atoms with Crippen LogP contribution in [0.15, 0.2) is 18.2 Å². The van der Waals surface area contributed by atoms with Crippen LogP contribution in [0.25, 0.3) is 0 Å². The third-order valence-corrected chi connectivity index (χ3v) is 6.64. The first-order chi connectivity index (χ1) is 14.7. The molecule has 5 nitrogen and oxygen atoms in total. The highest BCUT2D eigenvalue weighted by Crippen LogP contribution is 2.40. The summed E-state index contributed by atoms with van der Waals surface area (Å²) in [5.41, 5.74) is 0.176. The number of piperidine rings is 1. The van der Waals surface area contributed by atoms with Gasteiger partial charge in [-0.25, -0.2) is 8.78 Å². The fourth-order valence-electron chi connectivity index (χ4n) is 3.86. The number of aliphatic hydroxyl groups is 1. The number of nitrogens with zero attached hydrogens (tertiary/aromatic N) is 1. The van der Waals surface area contributed by atoms with E-state index in [1.807, 2.05) is 4.90 Å². The molecular weight excluding hydrogens is 473 g/mol. The maximum Gasteiger partial charge on any atom is 0.224 e. The Morgan fingerprint density at radius 1 is 1.06 bits per heavy atom. The first-order valence-electron chi connectivity index (χ1n) is 9.72. The van der Waals surface area contributed by atoms with Crippen LogP contribution in [-0.2, 0) is 11.2 Å². The van der Waals surface area contributed by atoms with Crippen LogP contribution < -0.4 is 15.0 Å². The standard InChI is InChI=1S/C21H19Cl3F2N2O3/c22-12-7-13(23)16(8-14(12)25)28-5-3-21(30,4-6-28)10-31-17-9-15(26)19(24)20-11(17)1-2-18(29)27-20/h7-9,30H,1-6,10H2,(H,27,29). The van der Waals surface area contributed by atoms with E-state index in [2.05, 4.69) is 5.32 Å². The van der Waals surface area contributed by atoms with Gasteiger partial charge in [0.25, 0.3) is 0 Å². The van der Waals surface area contributed by atoms with E-state index < -0.39 is 17.2 Å². The van der Waals surface area contributed by atoms with E-state index in [-0.39, 0.29) is 40.4 Å². The summed E-state index contributed by atoms with van der Waals surface area (Å²) in [6.45, 7) is 0.776. The summed E-state index contributed by atoms with van der Waals surface area (Å²) in [4.78, 5) is 13.5. The Bertz CT molecular complexity index is 1040.